The van der Waals surface area contributed by atoms with Crippen molar-refractivity contribution in [2.45, 2.75) is 58.3 Å². The zero-order chi connectivity index (χ0) is 29.9. The summed E-state index contributed by atoms with van der Waals surface area (Å²) in [6.45, 7) is 15.0. The molecule has 0 saturated heterocycles. The zero-order valence-corrected chi connectivity index (χ0v) is 27.1. The van der Waals surface area contributed by atoms with Gasteiger partial charge < -0.3 is 4.74 Å². The van der Waals surface area contributed by atoms with Crippen LogP contribution >= 0.6 is 22.6 Å². The van der Waals surface area contributed by atoms with Crippen LogP contribution in [0.3, 0.4) is 0 Å². The minimum atomic E-state index is -0.343. The molecular weight excluding hydrogens is 627 g/mol. The van der Waals surface area contributed by atoms with E-state index in [1.165, 1.54) is 70.9 Å². The summed E-state index contributed by atoms with van der Waals surface area (Å²) in [7, 11) is 0. The average Bonchev–Trinajstić information content (AvgIpc) is 3.24. The molecular formula is C39H39IO2. The summed E-state index contributed by atoms with van der Waals surface area (Å²) in [6.07, 6.45) is 6.20. The number of carbonyl (C=O) groups excluding carboxylic acids is 1. The number of rotatable bonds is 11. The molecule has 5 rings (SSSR count). The highest BCUT2D eigenvalue weighted by Crippen LogP contribution is 2.52. The molecule has 0 radical (unpaired) electrons. The van der Waals surface area contributed by atoms with Gasteiger partial charge in [0.2, 0.25) is 0 Å². The van der Waals surface area contributed by atoms with Crippen LogP contribution in [0.15, 0.2) is 98.1 Å². The number of hydrogen-bond acceptors (Lipinski definition) is 2. The second-order valence-electron chi connectivity index (χ2n) is 11.7. The molecule has 0 atom stereocenters. The highest BCUT2D eigenvalue weighted by atomic mass is 127. The Labute approximate surface area is 264 Å². The Morgan fingerprint density at radius 3 is 2.17 bits per heavy atom. The molecule has 0 bridgehead atoms. The van der Waals surface area contributed by atoms with Crippen LogP contribution in [0.1, 0.15) is 68.7 Å². The standard InChI is InChI=1S/C39H39IO2/c1-6-26(3)28-16-18-30(19-17-28)32-24-35-38(36(40)25-32)33-21-20-31(23-34(33)39(35,4)5)29-14-12-27(13-15-29)11-9-8-10-22-42-37(41)7-2/h7,12-21,23-25H,2-3,6,8-11,22H2,1,4-5H3. The van der Waals surface area contributed by atoms with E-state index in [-0.39, 0.29) is 11.4 Å². The monoisotopic (exact) mass is 666 g/mol. The van der Waals surface area contributed by atoms with Gasteiger partial charge in [0, 0.05) is 15.1 Å². The fourth-order valence-electron chi connectivity index (χ4n) is 5.95. The molecule has 0 aliphatic heterocycles. The summed E-state index contributed by atoms with van der Waals surface area (Å²) in [5.74, 6) is -0.343. The first kappa shape index (κ1) is 30.0. The third kappa shape index (κ3) is 6.17. The predicted octanol–water partition coefficient (Wildman–Crippen LogP) is 10.8. The maximum absolute atomic E-state index is 11.1. The van der Waals surface area contributed by atoms with E-state index < -0.39 is 0 Å². The smallest absolute Gasteiger partial charge is 0.330 e. The molecule has 3 heteroatoms. The van der Waals surface area contributed by atoms with Crippen LogP contribution in [-0.2, 0) is 21.4 Å². The molecule has 0 fully saturated rings. The van der Waals surface area contributed by atoms with Crippen molar-refractivity contribution >= 4 is 34.1 Å². The Morgan fingerprint density at radius 2 is 1.48 bits per heavy atom. The molecule has 42 heavy (non-hydrogen) atoms. The Balaban J connectivity index is 1.32. The lowest BCUT2D eigenvalue weighted by atomic mass is 9.80. The number of esters is 1. The summed E-state index contributed by atoms with van der Waals surface area (Å²) < 4.78 is 6.36. The summed E-state index contributed by atoms with van der Waals surface area (Å²) >= 11 is 2.52. The number of ether oxygens (including phenoxy) is 1. The van der Waals surface area contributed by atoms with Gasteiger partial charge in [-0.15, -0.1) is 0 Å². The van der Waals surface area contributed by atoms with Crippen LogP contribution in [0.2, 0.25) is 0 Å². The number of unbranched alkanes of at least 4 members (excludes halogenated alkanes) is 2. The minimum Gasteiger partial charge on any atom is -0.463 e. The van der Waals surface area contributed by atoms with Gasteiger partial charge in [-0.25, -0.2) is 4.79 Å². The zero-order valence-electron chi connectivity index (χ0n) is 24.9. The van der Waals surface area contributed by atoms with Gasteiger partial charge in [0.15, 0.2) is 0 Å². The molecule has 214 valence electrons. The first-order chi connectivity index (χ1) is 20.2. The number of fused-ring (bicyclic) bond motifs is 3. The minimum absolute atomic E-state index is 0.0903. The summed E-state index contributed by atoms with van der Waals surface area (Å²) in [5.41, 5.74) is 14.2. The van der Waals surface area contributed by atoms with E-state index in [0.717, 1.165) is 32.1 Å². The second kappa shape index (κ2) is 12.8. The molecule has 0 saturated carbocycles. The van der Waals surface area contributed by atoms with Crippen LogP contribution in [0, 0.1) is 3.57 Å². The van der Waals surface area contributed by atoms with Gasteiger partial charge in [0.1, 0.15) is 0 Å². The molecule has 0 amide bonds. The largest absolute Gasteiger partial charge is 0.463 e. The molecule has 0 unspecified atom stereocenters. The molecule has 2 nitrogen and oxygen atoms in total. The number of carbonyl (C=O) groups is 1. The third-order valence-corrected chi connectivity index (χ3v) is 9.44. The maximum atomic E-state index is 11.1. The first-order valence-corrected chi connectivity index (χ1v) is 16.0. The quantitative estimate of drug-likeness (QED) is 0.0689. The van der Waals surface area contributed by atoms with Crippen molar-refractivity contribution in [2.75, 3.05) is 6.61 Å². The maximum Gasteiger partial charge on any atom is 0.330 e. The number of aryl methyl sites for hydroxylation is 1. The second-order valence-corrected chi connectivity index (χ2v) is 12.8. The molecule has 1 aliphatic rings. The molecule has 0 spiro atoms. The fourth-order valence-corrected chi connectivity index (χ4v) is 6.87. The highest BCUT2D eigenvalue weighted by Gasteiger charge is 2.37. The molecule has 1 aliphatic carbocycles. The highest BCUT2D eigenvalue weighted by molar-refractivity contribution is 14.1. The van der Waals surface area contributed by atoms with Gasteiger partial charge in [0.25, 0.3) is 0 Å². The van der Waals surface area contributed by atoms with Crippen molar-refractivity contribution in [3.05, 3.63) is 124 Å². The van der Waals surface area contributed by atoms with Crippen molar-refractivity contribution < 1.29 is 9.53 Å². The molecule has 0 heterocycles. The van der Waals surface area contributed by atoms with Crippen LogP contribution in [0.4, 0.5) is 0 Å². The van der Waals surface area contributed by atoms with Crippen molar-refractivity contribution in [3.63, 3.8) is 0 Å². The Morgan fingerprint density at radius 1 is 0.833 bits per heavy atom. The van der Waals surface area contributed by atoms with Gasteiger partial charge in [-0.1, -0.05) is 94.6 Å². The number of hydrogen-bond donors (Lipinski definition) is 0. The summed E-state index contributed by atoms with van der Waals surface area (Å²) in [5, 5.41) is 0. The average molecular weight is 667 g/mol. The third-order valence-electron chi connectivity index (χ3n) is 8.59. The number of halogens is 1. The normalized spacial score (nSPS) is 12.9. The van der Waals surface area contributed by atoms with E-state index >= 15 is 0 Å². The van der Waals surface area contributed by atoms with Crippen LogP contribution in [0.25, 0.3) is 39.0 Å². The number of benzene rings is 4. The van der Waals surface area contributed by atoms with Crippen LogP contribution in [0.5, 0.6) is 0 Å². The Bertz CT molecular complexity index is 1620. The molecule has 0 aromatic heterocycles. The first-order valence-electron chi connectivity index (χ1n) is 14.9. The van der Waals surface area contributed by atoms with E-state index in [9.17, 15) is 4.79 Å². The van der Waals surface area contributed by atoms with Gasteiger partial charge in [-0.05, 0) is 134 Å². The van der Waals surface area contributed by atoms with Crippen molar-refractivity contribution in [1.82, 2.24) is 0 Å². The van der Waals surface area contributed by atoms with Gasteiger partial charge in [-0.3, -0.25) is 0 Å². The Kier molecular flexibility index (Phi) is 9.17. The van der Waals surface area contributed by atoms with Gasteiger partial charge in [-0.2, -0.15) is 0 Å². The van der Waals surface area contributed by atoms with E-state index in [1.54, 1.807) is 0 Å². The van der Waals surface area contributed by atoms with E-state index in [2.05, 4.69) is 135 Å². The Hall–Kier alpha value is -3.44. The van der Waals surface area contributed by atoms with Crippen molar-refractivity contribution in [1.29, 1.82) is 0 Å². The SMILES string of the molecule is C=CC(=O)OCCCCCc1ccc(-c2ccc3c(c2)C(C)(C)c2cc(-c4ccc(C(=C)CC)cc4)cc(I)c2-3)cc1. The topological polar surface area (TPSA) is 26.3 Å². The van der Waals surface area contributed by atoms with E-state index in [1.807, 2.05) is 0 Å². The fraction of sp³-hybridized carbons (Fsp3) is 0.256. The van der Waals surface area contributed by atoms with Crippen molar-refractivity contribution in [2.24, 2.45) is 0 Å². The lowest BCUT2D eigenvalue weighted by molar-refractivity contribution is -0.137. The lowest BCUT2D eigenvalue weighted by Crippen LogP contribution is -2.15. The number of allylic oxidation sites excluding steroid dienone is 1. The van der Waals surface area contributed by atoms with Gasteiger partial charge in [0.05, 0.1) is 6.61 Å². The van der Waals surface area contributed by atoms with Crippen LogP contribution in [-0.4, -0.2) is 12.6 Å². The van der Waals surface area contributed by atoms with E-state index in [4.69, 9.17) is 4.74 Å². The summed E-state index contributed by atoms with van der Waals surface area (Å²) in [4.78, 5) is 11.1. The van der Waals surface area contributed by atoms with Crippen molar-refractivity contribution in [3.8, 4) is 33.4 Å². The predicted molar refractivity (Wildman–Crippen MR) is 186 cm³/mol. The summed E-state index contributed by atoms with van der Waals surface area (Å²) in [6, 6.07) is 29.6. The van der Waals surface area contributed by atoms with E-state index in [0.29, 0.717) is 6.61 Å². The molecule has 0 N–H and O–H groups in total. The van der Waals surface area contributed by atoms with Gasteiger partial charge >= 0.3 is 5.97 Å². The molecule has 4 aromatic rings. The molecule has 4 aromatic carbocycles. The lowest BCUT2D eigenvalue weighted by Gasteiger charge is -2.23. The van der Waals surface area contributed by atoms with Crippen LogP contribution < -0.4 is 0 Å².